The lowest BCUT2D eigenvalue weighted by atomic mass is 10.2. The SMILES string of the molecule is C=CCN1C(=O)C(=Cc2ccc(OCCOc3cccc(OC)c3)cc2)SC1=S. The van der Waals surface area contributed by atoms with Gasteiger partial charge in [-0.2, -0.15) is 0 Å². The lowest BCUT2D eigenvalue weighted by Gasteiger charge is -2.10. The molecule has 1 aliphatic rings. The van der Waals surface area contributed by atoms with Crippen molar-refractivity contribution in [2.45, 2.75) is 0 Å². The fraction of sp³-hybridized carbons (Fsp3) is 0.182. The average molecular weight is 428 g/mol. The molecule has 0 saturated carbocycles. The number of hydrogen-bond acceptors (Lipinski definition) is 6. The van der Waals surface area contributed by atoms with E-state index in [9.17, 15) is 4.79 Å². The van der Waals surface area contributed by atoms with Crippen molar-refractivity contribution in [3.8, 4) is 17.2 Å². The summed E-state index contributed by atoms with van der Waals surface area (Å²) in [5, 5.41) is 0. The monoisotopic (exact) mass is 427 g/mol. The Labute approximate surface area is 179 Å². The number of benzene rings is 2. The molecule has 0 unspecified atom stereocenters. The summed E-state index contributed by atoms with van der Waals surface area (Å²) in [5.41, 5.74) is 0.907. The summed E-state index contributed by atoms with van der Waals surface area (Å²) >= 11 is 6.55. The number of carbonyl (C=O) groups is 1. The van der Waals surface area contributed by atoms with Crippen LogP contribution in [-0.2, 0) is 4.79 Å². The fourth-order valence-corrected chi connectivity index (χ4v) is 3.88. The van der Waals surface area contributed by atoms with Crippen LogP contribution in [0.15, 0.2) is 66.1 Å². The molecule has 1 saturated heterocycles. The Morgan fingerprint density at radius 2 is 1.76 bits per heavy atom. The number of ether oxygens (including phenoxy) is 3. The smallest absolute Gasteiger partial charge is 0.266 e. The molecule has 1 amide bonds. The van der Waals surface area contributed by atoms with E-state index in [1.165, 1.54) is 11.8 Å². The van der Waals surface area contributed by atoms with Gasteiger partial charge in [0.2, 0.25) is 0 Å². The first-order valence-electron chi connectivity index (χ1n) is 8.96. The molecular weight excluding hydrogens is 406 g/mol. The van der Waals surface area contributed by atoms with Gasteiger partial charge in [0.1, 0.15) is 34.8 Å². The maximum atomic E-state index is 12.4. The van der Waals surface area contributed by atoms with E-state index in [0.29, 0.717) is 29.0 Å². The van der Waals surface area contributed by atoms with E-state index < -0.39 is 0 Å². The van der Waals surface area contributed by atoms with Crippen LogP contribution in [0, 0.1) is 0 Å². The third-order valence-corrected chi connectivity index (χ3v) is 5.40. The van der Waals surface area contributed by atoms with E-state index >= 15 is 0 Å². The van der Waals surface area contributed by atoms with Gasteiger partial charge in [-0.25, -0.2) is 0 Å². The van der Waals surface area contributed by atoms with Crippen LogP contribution in [-0.4, -0.2) is 42.0 Å². The maximum absolute atomic E-state index is 12.4. The van der Waals surface area contributed by atoms with Crippen LogP contribution in [0.2, 0.25) is 0 Å². The largest absolute Gasteiger partial charge is 0.497 e. The maximum Gasteiger partial charge on any atom is 0.266 e. The highest BCUT2D eigenvalue weighted by molar-refractivity contribution is 8.26. The van der Waals surface area contributed by atoms with Gasteiger partial charge < -0.3 is 14.2 Å². The van der Waals surface area contributed by atoms with E-state index in [1.54, 1.807) is 18.1 Å². The zero-order valence-electron chi connectivity index (χ0n) is 16.0. The van der Waals surface area contributed by atoms with Crippen LogP contribution in [0.4, 0.5) is 0 Å². The summed E-state index contributed by atoms with van der Waals surface area (Å²) in [6.45, 7) is 4.91. The van der Waals surface area contributed by atoms with Crippen LogP contribution < -0.4 is 14.2 Å². The van der Waals surface area contributed by atoms with Crippen molar-refractivity contribution in [3.63, 3.8) is 0 Å². The molecule has 0 atom stereocenters. The molecule has 0 radical (unpaired) electrons. The molecule has 1 aliphatic heterocycles. The molecule has 150 valence electrons. The number of rotatable bonds is 9. The topological polar surface area (TPSA) is 48.0 Å². The van der Waals surface area contributed by atoms with Gasteiger partial charge >= 0.3 is 0 Å². The second-order valence-corrected chi connectivity index (χ2v) is 7.70. The van der Waals surface area contributed by atoms with Gasteiger partial charge in [-0.1, -0.05) is 48.3 Å². The number of thiocarbonyl (C=S) groups is 1. The minimum Gasteiger partial charge on any atom is -0.497 e. The zero-order valence-corrected chi connectivity index (χ0v) is 17.6. The second-order valence-electron chi connectivity index (χ2n) is 6.03. The van der Waals surface area contributed by atoms with Crippen molar-refractivity contribution in [2.24, 2.45) is 0 Å². The van der Waals surface area contributed by atoms with Crippen LogP contribution in [0.3, 0.4) is 0 Å². The van der Waals surface area contributed by atoms with E-state index in [4.69, 9.17) is 26.4 Å². The predicted octanol–water partition coefficient (Wildman–Crippen LogP) is 4.54. The Kier molecular flexibility index (Phi) is 7.32. The minimum atomic E-state index is -0.0880. The lowest BCUT2D eigenvalue weighted by molar-refractivity contribution is -0.121. The average Bonchev–Trinajstić information content (AvgIpc) is 3.00. The van der Waals surface area contributed by atoms with Crippen LogP contribution >= 0.6 is 24.0 Å². The Hall–Kier alpha value is -2.77. The summed E-state index contributed by atoms with van der Waals surface area (Å²) in [5.74, 6) is 2.13. The highest BCUT2D eigenvalue weighted by Crippen LogP contribution is 2.32. The predicted molar refractivity (Wildman–Crippen MR) is 121 cm³/mol. The molecule has 7 heteroatoms. The molecule has 2 aromatic rings. The molecule has 0 aromatic heterocycles. The summed E-state index contributed by atoms with van der Waals surface area (Å²) in [4.78, 5) is 14.5. The third-order valence-electron chi connectivity index (χ3n) is 4.03. The lowest BCUT2D eigenvalue weighted by Crippen LogP contribution is -2.27. The first-order chi connectivity index (χ1) is 14.1. The van der Waals surface area contributed by atoms with Gasteiger partial charge in [-0.3, -0.25) is 9.69 Å². The molecule has 1 fully saturated rings. The summed E-state index contributed by atoms with van der Waals surface area (Å²) < 4.78 is 17.1. The van der Waals surface area contributed by atoms with Crippen molar-refractivity contribution in [1.82, 2.24) is 4.90 Å². The van der Waals surface area contributed by atoms with E-state index in [1.807, 2.05) is 54.6 Å². The molecule has 29 heavy (non-hydrogen) atoms. The normalized spacial score (nSPS) is 14.9. The van der Waals surface area contributed by atoms with E-state index in [0.717, 1.165) is 22.8 Å². The van der Waals surface area contributed by atoms with Gasteiger partial charge in [0.05, 0.1) is 12.0 Å². The summed E-state index contributed by atoms with van der Waals surface area (Å²) in [7, 11) is 1.62. The fourth-order valence-electron chi connectivity index (χ4n) is 2.61. The summed E-state index contributed by atoms with van der Waals surface area (Å²) in [6, 6.07) is 15.0. The van der Waals surface area contributed by atoms with Gasteiger partial charge in [0.25, 0.3) is 5.91 Å². The van der Waals surface area contributed by atoms with Crippen LogP contribution in [0.25, 0.3) is 6.08 Å². The zero-order chi connectivity index (χ0) is 20.6. The number of thioether (sulfide) groups is 1. The highest BCUT2D eigenvalue weighted by Gasteiger charge is 2.30. The van der Waals surface area contributed by atoms with Gasteiger partial charge in [-0.05, 0) is 35.9 Å². The number of carbonyl (C=O) groups excluding carboxylic acids is 1. The molecule has 2 aromatic carbocycles. The molecule has 5 nitrogen and oxygen atoms in total. The third kappa shape index (κ3) is 5.62. The first-order valence-corrected chi connectivity index (χ1v) is 10.2. The molecule has 0 N–H and O–H groups in total. The van der Waals surface area contributed by atoms with Crippen molar-refractivity contribution in [2.75, 3.05) is 26.9 Å². The van der Waals surface area contributed by atoms with E-state index in [-0.39, 0.29) is 5.91 Å². The Morgan fingerprint density at radius 1 is 1.07 bits per heavy atom. The van der Waals surface area contributed by atoms with Crippen molar-refractivity contribution >= 4 is 40.3 Å². The molecule has 1 heterocycles. The number of nitrogens with zero attached hydrogens (tertiary/aromatic N) is 1. The van der Waals surface area contributed by atoms with Gasteiger partial charge in [-0.15, -0.1) is 6.58 Å². The van der Waals surface area contributed by atoms with Crippen molar-refractivity contribution in [1.29, 1.82) is 0 Å². The van der Waals surface area contributed by atoms with Crippen LogP contribution in [0.1, 0.15) is 5.56 Å². The van der Waals surface area contributed by atoms with Gasteiger partial charge in [0, 0.05) is 12.6 Å². The van der Waals surface area contributed by atoms with Crippen molar-refractivity contribution < 1.29 is 19.0 Å². The molecule has 0 bridgehead atoms. The number of methoxy groups -OCH3 is 1. The standard InChI is InChI=1S/C22H21NO4S2/c1-3-11-23-21(24)20(29-22(23)28)14-16-7-9-17(10-8-16)26-12-13-27-19-6-4-5-18(15-19)25-2/h3-10,14-15H,1,11-13H2,2H3. The highest BCUT2D eigenvalue weighted by atomic mass is 32.2. The minimum absolute atomic E-state index is 0.0880. The Morgan fingerprint density at radius 3 is 2.45 bits per heavy atom. The van der Waals surface area contributed by atoms with Crippen LogP contribution in [0.5, 0.6) is 17.2 Å². The molecule has 3 rings (SSSR count). The first kappa shape index (κ1) is 21.0. The quantitative estimate of drug-likeness (QED) is 0.253. The number of amides is 1. The van der Waals surface area contributed by atoms with Gasteiger partial charge in [0.15, 0.2) is 0 Å². The molecular formula is C22H21NO4S2. The number of hydrogen-bond donors (Lipinski definition) is 0. The molecule has 0 spiro atoms. The summed E-state index contributed by atoms with van der Waals surface area (Å²) in [6.07, 6.45) is 3.50. The van der Waals surface area contributed by atoms with E-state index in [2.05, 4.69) is 6.58 Å². The van der Waals surface area contributed by atoms with Crippen molar-refractivity contribution in [3.05, 3.63) is 71.7 Å². The second kappa shape index (κ2) is 10.1. The Bertz CT molecular complexity index is 925. The Balaban J connectivity index is 1.51. The molecule has 0 aliphatic carbocycles.